The smallest absolute Gasteiger partial charge is 0.352 e. The number of aromatic carboxylic acids is 1. The molecule has 0 aliphatic rings. The molecule has 0 saturated carbocycles. The van der Waals surface area contributed by atoms with Crippen LogP contribution in [0.2, 0.25) is 0 Å². The van der Waals surface area contributed by atoms with Gasteiger partial charge in [-0.1, -0.05) is 26.7 Å². The van der Waals surface area contributed by atoms with Gasteiger partial charge in [0.1, 0.15) is 5.69 Å². The number of unbranched alkanes of at least 4 members (excludes halogenated alkanes) is 1. The van der Waals surface area contributed by atoms with Crippen molar-refractivity contribution in [1.82, 2.24) is 4.57 Å². The molecule has 4 nitrogen and oxygen atoms in total. The second-order valence-corrected chi connectivity index (χ2v) is 4.64. The quantitative estimate of drug-likeness (QED) is 0.757. The molecule has 1 N–H and O–H groups in total. The van der Waals surface area contributed by atoms with Gasteiger partial charge in [-0.3, -0.25) is 4.79 Å². The first-order valence-electron chi connectivity index (χ1n) is 6.45. The van der Waals surface area contributed by atoms with Gasteiger partial charge in [0.25, 0.3) is 0 Å². The third kappa shape index (κ3) is 3.22. The molecule has 1 rings (SSSR count). The molecule has 1 heterocycles. The molecule has 1 atom stereocenters. The minimum Gasteiger partial charge on any atom is -0.477 e. The summed E-state index contributed by atoms with van der Waals surface area (Å²) in [6, 6.07) is 1.47. The van der Waals surface area contributed by atoms with E-state index in [1.165, 1.54) is 10.6 Å². The van der Waals surface area contributed by atoms with Gasteiger partial charge < -0.3 is 9.67 Å². The van der Waals surface area contributed by atoms with E-state index in [-0.39, 0.29) is 17.4 Å². The van der Waals surface area contributed by atoms with Crippen LogP contribution in [0.4, 0.5) is 0 Å². The van der Waals surface area contributed by atoms with E-state index in [1.807, 2.05) is 6.92 Å². The molecule has 100 valence electrons. The van der Waals surface area contributed by atoms with Crippen LogP contribution >= 0.6 is 0 Å². The van der Waals surface area contributed by atoms with E-state index >= 15 is 0 Å². The molecule has 0 aliphatic heterocycles. The minimum atomic E-state index is -1.00. The molecular formula is C14H21NO3. The predicted molar refractivity (Wildman–Crippen MR) is 70.0 cm³/mol. The van der Waals surface area contributed by atoms with Crippen LogP contribution in [0.15, 0.2) is 12.3 Å². The lowest BCUT2D eigenvalue weighted by Crippen LogP contribution is -2.13. The molecule has 1 aromatic heterocycles. The minimum absolute atomic E-state index is 0.00833. The number of ketones is 1. The van der Waals surface area contributed by atoms with Gasteiger partial charge >= 0.3 is 5.97 Å². The summed E-state index contributed by atoms with van der Waals surface area (Å²) in [4.78, 5) is 23.2. The molecule has 0 fully saturated rings. The molecule has 1 aromatic rings. The van der Waals surface area contributed by atoms with E-state index in [2.05, 4.69) is 6.92 Å². The fourth-order valence-electron chi connectivity index (χ4n) is 2.12. The Balaban J connectivity index is 2.88. The van der Waals surface area contributed by atoms with Gasteiger partial charge in [0.05, 0.1) is 0 Å². The van der Waals surface area contributed by atoms with Crippen molar-refractivity contribution in [3.8, 4) is 0 Å². The van der Waals surface area contributed by atoms with Crippen LogP contribution in [0.3, 0.4) is 0 Å². The lowest BCUT2D eigenvalue weighted by molar-refractivity contribution is 0.0686. The molecular weight excluding hydrogens is 230 g/mol. The number of hydrogen-bond donors (Lipinski definition) is 1. The Bertz CT molecular complexity index is 434. The molecule has 0 spiro atoms. The van der Waals surface area contributed by atoms with Gasteiger partial charge in [-0.2, -0.15) is 0 Å². The van der Waals surface area contributed by atoms with Crippen molar-refractivity contribution in [2.45, 2.75) is 39.5 Å². The van der Waals surface area contributed by atoms with E-state index in [1.54, 1.807) is 13.2 Å². The average molecular weight is 251 g/mol. The Kier molecular flexibility index (Phi) is 5.13. The third-order valence-corrected chi connectivity index (χ3v) is 3.28. The van der Waals surface area contributed by atoms with Crippen molar-refractivity contribution in [3.05, 3.63) is 23.5 Å². The number of aromatic nitrogens is 1. The number of carbonyl (C=O) groups excluding carboxylic acids is 1. The highest BCUT2D eigenvalue weighted by molar-refractivity contribution is 6.00. The number of Topliss-reactive ketones (excluding diaryl/α,β-unsaturated/α-hetero) is 1. The maximum atomic E-state index is 12.3. The van der Waals surface area contributed by atoms with Gasteiger partial charge in [0.15, 0.2) is 5.78 Å². The molecule has 18 heavy (non-hydrogen) atoms. The molecule has 0 bridgehead atoms. The maximum absolute atomic E-state index is 12.3. The lowest BCUT2D eigenvalue weighted by Gasteiger charge is -2.11. The van der Waals surface area contributed by atoms with Crippen molar-refractivity contribution >= 4 is 11.8 Å². The lowest BCUT2D eigenvalue weighted by atomic mass is 9.92. The van der Waals surface area contributed by atoms with Crippen LogP contribution in [0, 0.1) is 5.92 Å². The first-order valence-corrected chi connectivity index (χ1v) is 6.45. The number of rotatable bonds is 7. The van der Waals surface area contributed by atoms with E-state index in [9.17, 15) is 9.59 Å². The Labute approximate surface area is 108 Å². The van der Waals surface area contributed by atoms with Crippen molar-refractivity contribution in [2.75, 3.05) is 0 Å². The summed E-state index contributed by atoms with van der Waals surface area (Å²) in [7, 11) is 1.65. The highest BCUT2D eigenvalue weighted by Crippen LogP contribution is 2.20. The molecule has 0 aromatic carbocycles. The molecule has 4 heteroatoms. The van der Waals surface area contributed by atoms with Crippen LogP contribution in [0.5, 0.6) is 0 Å². The van der Waals surface area contributed by atoms with Crippen molar-refractivity contribution in [1.29, 1.82) is 0 Å². The number of carbonyl (C=O) groups is 2. The Hall–Kier alpha value is -1.58. The van der Waals surface area contributed by atoms with Crippen LogP contribution in [0.25, 0.3) is 0 Å². The molecule has 0 radical (unpaired) electrons. The van der Waals surface area contributed by atoms with Crippen LogP contribution in [-0.2, 0) is 7.05 Å². The number of carboxylic acids is 1. The molecule has 0 aliphatic carbocycles. The van der Waals surface area contributed by atoms with Crippen LogP contribution in [0.1, 0.15) is 60.4 Å². The van der Waals surface area contributed by atoms with E-state index in [0.29, 0.717) is 5.56 Å². The third-order valence-electron chi connectivity index (χ3n) is 3.28. The highest BCUT2D eigenvalue weighted by Gasteiger charge is 2.21. The van der Waals surface area contributed by atoms with Crippen LogP contribution in [-0.4, -0.2) is 21.4 Å². The second kappa shape index (κ2) is 6.38. The SMILES string of the molecule is CCCCC(CC)C(=O)c1cc(C(=O)O)n(C)c1. The standard InChI is InChI=1S/C14H21NO3/c1-4-6-7-10(5-2)13(16)11-8-12(14(17)18)15(3)9-11/h8-10H,4-7H2,1-3H3,(H,17,18). The zero-order valence-corrected chi connectivity index (χ0v) is 11.3. The summed E-state index contributed by atoms with van der Waals surface area (Å²) >= 11 is 0. The van der Waals surface area contributed by atoms with Gasteiger partial charge in [-0.05, 0) is 18.9 Å². The van der Waals surface area contributed by atoms with Gasteiger partial charge in [-0.15, -0.1) is 0 Å². The number of aryl methyl sites for hydroxylation is 1. The van der Waals surface area contributed by atoms with Crippen molar-refractivity contribution in [2.24, 2.45) is 13.0 Å². The monoisotopic (exact) mass is 251 g/mol. The Morgan fingerprint density at radius 1 is 1.39 bits per heavy atom. The Morgan fingerprint density at radius 2 is 2.06 bits per heavy atom. The summed E-state index contributed by atoms with van der Waals surface area (Å²) in [6.45, 7) is 4.10. The van der Waals surface area contributed by atoms with Crippen molar-refractivity contribution < 1.29 is 14.7 Å². The summed E-state index contributed by atoms with van der Waals surface area (Å²) in [5.41, 5.74) is 0.668. The van der Waals surface area contributed by atoms with E-state index in [0.717, 1.165) is 25.7 Å². The second-order valence-electron chi connectivity index (χ2n) is 4.64. The van der Waals surface area contributed by atoms with Gasteiger partial charge in [0, 0.05) is 24.7 Å². The summed E-state index contributed by atoms with van der Waals surface area (Å²) < 4.78 is 1.49. The largest absolute Gasteiger partial charge is 0.477 e. The maximum Gasteiger partial charge on any atom is 0.352 e. The number of carboxylic acid groups (broad SMARTS) is 1. The molecule has 0 amide bonds. The number of nitrogens with zero attached hydrogens (tertiary/aromatic N) is 1. The molecule has 1 unspecified atom stereocenters. The van der Waals surface area contributed by atoms with Crippen molar-refractivity contribution in [3.63, 3.8) is 0 Å². The summed E-state index contributed by atoms with van der Waals surface area (Å²) in [6.07, 6.45) is 5.39. The Morgan fingerprint density at radius 3 is 2.50 bits per heavy atom. The van der Waals surface area contributed by atoms with E-state index in [4.69, 9.17) is 5.11 Å². The normalized spacial score (nSPS) is 12.4. The fraction of sp³-hybridized carbons (Fsp3) is 0.571. The zero-order chi connectivity index (χ0) is 13.7. The van der Waals surface area contributed by atoms with Gasteiger partial charge in [0.2, 0.25) is 0 Å². The number of hydrogen-bond acceptors (Lipinski definition) is 2. The molecule has 0 saturated heterocycles. The summed E-state index contributed by atoms with van der Waals surface area (Å²) in [5, 5.41) is 8.97. The first-order chi connectivity index (χ1) is 8.51. The van der Waals surface area contributed by atoms with Gasteiger partial charge in [-0.25, -0.2) is 4.79 Å². The van der Waals surface area contributed by atoms with E-state index < -0.39 is 5.97 Å². The fourth-order valence-corrected chi connectivity index (χ4v) is 2.12. The predicted octanol–water partition coefficient (Wildman–Crippen LogP) is 3.12. The van der Waals surface area contributed by atoms with Crippen LogP contribution < -0.4 is 0 Å². The first kappa shape index (κ1) is 14.5. The summed E-state index contributed by atoms with van der Waals surface area (Å²) in [5.74, 6) is -0.929. The zero-order valence-electron chi connectivity index (χ0n) is 11.3. The topological polar surface area (TPSA) is 59.3 Å². The average Bonchev–Trinajstić information content (AvgIpc) is 2.72. The highest BCUT2D eigenvalue weighted by atomic mass is 16.4.